The standard InChI is InChI=1S/C24H31N3O2.ClH/c1-17(22(25)18-9-5-3-6-10-18)23(28)26-20-15-13-19(14-16-20)24(29)27(2)21-11-7-4-8-12-21;/h3,5-6,9-10,13-17,21-22H,4,7-8,11-12,25H2,1-2H3,(H,26,28);1H. The molecule has 0 aromatic heterocycles. The third kappa shape index (κ3) is 5.83. The van der Waals surface area contributed by atoms with Gasteiger partial charge in [-0.15, -0.1) is 12.4 Å². The van der Waals surface area contributed by atoms with E-state index in [1.807, 2.05) is 49.2 Å². The number of carbonyl (C=O) groups excluding carboxylic acids is 2. The van der Waals surface area contributed by atoms with Gasteiger partial charge < -0.3 is 16.0 Å². The van der Waals surface area contributed by atoms with Gasteiger partial charge in [-0.1, -0.05) is 56.5 Å². The molecule has 5 nitrogen and oxygen atoms in total. The maximum atomic E-state index is 12.8. The van der Waals surface area contributed by atoms with Gasteiger partial charge in [0.15, 0.2) is 0 Å². The maximum absolute atomic E-state index is 12.8. The van der Waals surface area contributed by atoms with Crippen molar-refractivity contribution in [2.45, 2.75) is 51.1 Å². The van der Waals surface area contributed by atoms with Gasteiger partial charge in [-0.3, -0.25) is 9.59 Å². The summed E-state index contributed by atoms with van der Waals surface area (Å²) in [5.41, 5.74) is 8.49. The van der Waals surface area contributed by atoms with Crippen LogP contribution in [0.25, 0.3) is 0 Å². The van der Waals surface area contributed by atoms with Gasteiger partial charge in [0.2, 0.25) is 5.91 Å². The zero-order valence-corrected chi connectivity index (χ0v) is 18.5. The van der Waals surface area contributed by atoms with Gasteiger partial charge in [0.05, 0.1) is 5.92 Å². The molecule has 1 fully saturated rings. The molecule has 1 aliphatic carbocycles. The number of hydrogen-bond acceptors (Lipinski definition) is 3. The highest BCUT2D eigenvalue weighted by Crippen LogP contribution is 2.24. The molecular weight excluding hydrogens is 398 g/mol. The van der Waals surface area contributed by atoms with Crippen molar-refractivity contribution in [1.82, 2.24) is 4.90 Å². The molecule has 0 aliphatic heterocycles. The average Bonchev–Trinajstić information content (AvgIpc) is 2.78. The van der Waals surface area contributed by atoms with E-state index < -0.39 is 0 Å². The normalized spacial score (nSPS) is 16.1. The lowest BCUT2D eigenvalue weighted by Crippen LogP contribution is -2.38. The number of hydrogen-bond donors (Lipinski definition) is 2. The predicted molar refractivity (Wildman–Crippen MR) is 124 cm³/mol. The highest BCUT2D eigenvalue weighted by molar-refractivity contribution is 5.96. The number of nitrogens with zero attached hydrogens (tertiary/aromatic N) is 1. The first-order valence-electron chi connectivity index (χ1n) is 10.5. The van der Waals surface area contributed by atoms with Crippen molar-refractivity contribution in [3.8, 4) is 0 Å². The Balaban J connectivity index is 0.00000320. The van der Waals surface area contributed by atoms with E-state index in [0.717, 1.165) is 18.4 Å². The lowest BCUT2D eigenvalue weighted by molar-refractivity contribution is -0.120. The van der Waals surface area contributed by atoms with Crippen LogP contribution in [0.5, 0.6) is 0 Å². The van der Waals surface area contributed by atoms with E-state index in [9.17, 15) is 9.59 Å². The second kappa shape index (κ2) is 11.1. The fourth-order valence-electron chi connectivity index (χ4n) is 3.92. The molecule has 0 saturated heterocycles. The number of nitrogens with two attached hydrogens (primary N) is 1. The van der Waals surface area contributed by atoms with Crippen LogP contribution in [-0.2, 0) is 4.79 Å². The van der Waals surface area contributed by atoms with Gasteiger partial charge in [0.25, 0.3) is 5.91 Å². The fourth-order valence-corrected chi connectivity index (χ4v) is 3.92. The first kappa shape index (κ1) is 23.9. The molecule has 0 radical (unpaired) electrons. The Morgan fingerprint density at radius 1 is 1.00 bits per heavy atom. The van der Waals surface area contributed by atoms with E-state index in [2.05, 4.69) is 5.32 Å². The van der Waals surface area contributed by atoms with Crippen LogP contribution in [0.15, 0.2) is 54.6 Å². The van der Waals surface area contributed by atoms with E-state index >= 15 is 0 Å². The van der Waals surface area contributed by atoms with Crippen LogP contribution < -0.4 is 11.1 Å². The van der Waals surface area contributed by atoms with Gasteiger partial charge in [-0.2, -0.15) is 0 Å². The summed E-state index contributed by atoms with van der Waals surface area (Å²) >= 11 is 0. The molecule has 2 unspecified atom stereocenters. The SMILES string of the molecule is CC(C(=O)Nc1ccc(C(=O)N(C)C2CCCCC2)cc1)C(N)c1ccccc1.Cl. The monoisotopic (exact) mass is 429 g/mol. The first-order valence-corrected chi connectivity index (χ1v) is 10.5. The van der Waals surface area contributed by atoms with E-state index in [1.54, 1.807) is 24.3 Å². The third-order valence-corrected chi connectivity index (χ3v) is 5.98. The molecule has 2 aromatic carbocycles. The minimum Gasteiger partial charge on any atom is -0.339 e. The van der Waals surface area contributed by atoms with Crippen LogP contribution in [0, 0.1) is 5.92 Å². The first-order chi connectivity index (χ1) is 14.0. The number of anilines is 1. The van der Waals surface area contributed by atoms with Crippen LogP contribution >= 0.6 is 12.4 Å². The Morgan fingerprint density at radius 2 is 1.60 bits per heavy atom. The van der Waals surface area contributed by atoms with Gasteiger partial charge >= 0.3 is 0 Å². The molecule has 2 atom stereocenters. The van der Waals surface area contributed by atoms with Gasteiger partial charge in [0, 0.05) is 30.4 Å². The van der Waals surface area contributed by atoms with Crippen molar-refractivity contribution >= 4 is 29.9 Å². The number of carbonyl (C=O) groups is 2. The zero-order chi connectivity index (χ0) is 20.8. The lowest BCUT2D eigenvalue weighted by Gasteiger charge is -2.31. The molecule has 2 amide bonds. The maximum Gasteiger partial charge on any atom is 0.253 e. The summed E-state index contributed by atoms with van der Waals surface area (Å²) in [5.74, 6) is -0.481. The minimum absolute atomic E-state index is 0. The summed E-state index contributed by atoms with van der Waals surface area (Å²) < 4.78 is 0. The summed E-state index contributed by atoms with van der Waals surface area (Å²) in [4.78, 5) is 27.2. The molecular formula is C24H32ClN3O2. The molecule has 30 heavy (non-hydrogen) atoms. The highest BCUT2D eigenvalue weighted by atomic mass is 35.5. The zero-order valence-electron chi connectivity index (χ0n) is 17.7. The Bertz CT molecular complexity index is 820. The lowest BCUT2D eigenvalue weighted by atomic mass is 9.94. The Labute approximate surface area is 185 Å². The summed E-state index contributed by atoms with van der Waals surface area (Å²) in [6.07, 6.45) is 5.80. The van der Waals surface area contributed by atoms with E-state index in [1.165, 1.54) is 19.3 Å². The van der Waals surface area contributed by atoms with Gasteiger partial charge in [-0.25, -0.2) is 0 Å². The van der Waals surface area contributed by atoms with Crippen molar-refractivity contribution < 1.29 is 9.59 Å². The smallest absolute Gasteiger partial charge is 0.253 e. The third-order valence-electron chi connectivity index (χ3n) is 5.98. The average molecular weight is 430 g/mol. The van der Waals surface area contributed by atoms with Crippen LogP contribution in [-0.4, -0.2) is 29.8 Å². The number of nitrogens with one attached hydrogen (secondary N) is 1. The second-order valence-corrected chi connectivity index (χ2v) is 8.00. The molecule has 0 heterocycles. The Morgan fingerprint density at radius 3 is 2.20 bits per heavy atom. The number of amides is 2. The molecule has 1 aliphatic rings. The van der Waals surface area contributed by atoms with E-state index in [0.29, 0.717) is 17.3 Å². The molecule has 3 rings (SSSR count). The quantitative estimate of drug-likeness (QED) is 0.693. The van der Waals surface area contributed by atoms with Crippen LogP contribution in [0.4, 0.5) is 5.69 Å². The van der Waals surface area contributed by atoms with Crippen molar-refractivity contribution in [3.05, 3.63) is 65.7 Å². The summed E-state index contributed by atoms with van der Waals surface area (Å²) in [6, 6.07) is 16.7. The van der Waals surface area contributed by atoms with Gasteiger partial charge in [-0.05, 0) is 42.7 Å². The minimum atomic E-state index is -0.379. The molecule has 1 saturated carbocycles. The van der Waals surface area contributed by atoms with Crippen LogP contribution in [0.3, 0.4) is 0 Å². The van der Waals surface area contributed by atoms with Crippen molar-refractivity contribution in [2.24, 2.45) is 11.7 Å². The van der Waals surface area contributed by atoms with Crippen LogP contribution in [0.2, 0.25) is 0 Å². The topological polar surface area (TPSA) is 75.4 Å². The molecule has 0 bridgehead atoms. The molecule has 3 N–H and O–H groups in total. The molecule has 0 spiro atoms. The largest absolute Gasteiger partial charge is 0.339 e. The molecule has 162 valence electrons. The summed E-state index contributed by atoms with van der Waals surface area (Å²) in [6.45, 7) is 1.82. The van der Waals surface area contributed by atoms with Gasteiger partial charge in [0.1, 0.15) is 0 Å². The summed E-state index contributed by atoms with van der Waals surface area (Å²) in [7, 11) is 1.89. The van der Waals surface area contributed by atoms with E-state index in [4.69, 9.17) is 5.73 Å². The number of halogens is 1. The van der Waals surface area contributed by atoms with Crippen molar-refractivity contribution in [2.75, 3.05) is 12.4 Å². The highest BCUT2D eigenvalue weighted by Gasteiger charge is 2.24. The molecule has 2 aromatic rings. The predicted octanol–water partition coefficient (Wildman–Crippen LogP) is 4.79. The number of rotatable bonds is 6. The number of benzene rings is 2. The van der Waals surface area contributed by atoms with Crippen molar-refractivity contribution in [1.29, 1.82) is 0 Å². The molecule has 6 heteroatoms. The van der Waals surface area contributed by atoms with E-state index in [-0.39, 0.29) is 36.2 Å². The summed E-state index contributed by atoms with van der Waals surface area (Å²) in [5, 5.41) is 2.91. The van der Waals surface area contributed by atoms with Crippen LogP contribution in [0.1, 0.15) is 61.0 Å². The Hall–Kier alpha value is -2.37. The van der Waals surface area contributed by atoms with Crippen molar-refractivity contribution in [3.63, 3.8) is 0 Å². The Kier molecular flexibility index (Phi) is 8.88. The fraction of sp³-hybridized carbons (Fsp3) is 0.417. The second-order valence-electron chi connectivity index (χ2n) is 8.00.